The molecule has 0 bridgehead atoms. The fourth-order valence-electron chi connectivity index (χ4n) is 3.42. The van der Waals surface area contributed by atoms with Crippen molar-refractivity contribution in [2.45, 2.75) is 39.2 Å². The summed E-state index contributed by atoms with van der Waals surface area (Å²) >= 11 is 6.13. The Kier molecular flexibility index (Phi) is 4.81. The van der Waals surface area contributed by atoms with E-state index in [1.54, 1.807) is 0 Å². The van der Waals surface area contributed by atoms with Gasteiger partial charge in [0.05, 0.1) is 5.92 Å². The van der Waals surface area contributed by atoms with Gasteiger partial charge in [-0.25, -0.2) is 0 Å². The fraction of sp³-hybridized carbons (Fsp3) is 0.350. The molecule has 1 amide bonds. The molecule has 3 nitrogen and oxygen atoms in total. The second-order valence-corrected chi connectivity index (χ2v) is 6.84. The number of amides is 1. The van der Waals surface area contributed by atoms with Gasteiger partial charge in [-0.1, -0.05) is 29.8 Å². The van der Waals surface area contributed by atoms with Gasteiger partial charge in [-0.15, -0.1) is 0 Å². The molecule has 0 radical (unpaired) electrons. The van der Waals surface area contributed by atoms with Crippen LogP contribution in [-0.4, -0.2) is 18.5 Å². The Morgan fingerprint density at radius 1 is 1.29 bits per heavy atom. The number of rotatable bonds is 3. The number of nitrogens with zero attached hydrogens (tertiary/aromatic N) is 1. The van der Waals surface area contributed by atoms with Gasteiger partial charge in [0, 0.05) is 29.0 Å². The Morgan fingerprint density at radius 3 is 2.75 bits per heavy atom. The summed E-state index contributed by atoms with van der Waals surface area (Å²) in [6.45, 7) is 6.74. The maximum absolute atomic E-state index is 13.3. The van der Waals surface area contributed by atoms with Crippen LogP contribution in [0.5, 0.6) is 0 Å². The Hall–Kier alpha value is -2.00. The lowest BCUT2D eigenvalue weighted by Crippen LogP contribution is -2.39. The van der Waals surface area contributed by atoms with E-state index in [1.165, 1.54) is 0 Å². The molecule has 126 valence electrons. The van der Waals surface area contributed by atoms with Gasteiger partial charge in [0.2, 0.25) is 5.91 Å². The molecule has 0 aliphatic carbocycles. The van der Waals surface area contributed by atoms with Crippen molar-refractivity contribution < 1.29 is 4.79 Å². The zero-order valence-electron chi connectivity index (χ0n) is 14.3. The number of fused-ring (bicyclic) bond motifs is 1. The van der Waals surface area contributed by atoms with Gasteiger partial charge in [-0.2, -0.15) is 0 Å². The fourth-order valence-corrected chi connectivity index (χ4v) is 3.54. The minimum Gasteiger partial charge on any atom is -0.382 e. The first-order valence-electron chi connectivity index (χ1n) is 8.44. The number of nitrogens with one attached hydrogen (secondary N) is 1. The van der Waals surface area contributed by atoms with Crippen molar-refractivity contribution >= 4 is 28.9 Å². The van der Waals surface area contributed by atoms with Crippen molar-refractivity contribution in [2.75, 3.05) is 16.8 Å². The summed E-state index contributed by atoms with van der Waals surface area (Å²) in [6.07, 6.45) is 0.804. The third-order valence-corrected chi connectivity index (χ3v) is 5.08. The zero-order chi connectivity index (χ0) is 17.3. The van der Waals surface area contributed by atoms with E-state index in [9.17, 15) is 4.79 Å². The average molecular weight is 343 g/mol. The van der Waals surface area contributed by atoms with Gasteiger partial charge in [0.1, 0.15) is 0 Å². The Bertz CT molecular complexity index is 759. The number of benzene rings is 2. The number of aryl methyl sites for hydroxylation is 1. The molecule has 3 rings (SSSR count). The average Bonchev–Trinajstić information content (AvgIpc) is 2.57. The van der Waals surface area contributed by atoms with Crippen LogP contribution in [0.15, 0.2) is 42.5 Å². The molecule has 0 aromatic heterocycles. The molecule has 1 aliphatic heterocycles. The van der Waals surface area contributed by atoms with E-state index in [2.05, 4.69) is 18.3 Å². The maximum atomic E-state index is 13.3. The number of anilines is 2. The number of carbonyl (C=O) groups excluding carboxylic acids is 1. The lowest BCUT2D eigenvalue weighted by Gasteiger charge is -2.34. The molecule has 24 heavy (non-hydrogen) atoms. The molecule has 1 N–H and O–H groups in total. The van der Waals surface area contributed by atoms with Crippen LogP contribution >= 0.6 is 11.6 Å². The standard InChI is InChI=1S/C20H23ClN2O/c1-4-23(15-9-10-18(21)13(2)11-15)20(24)17-12-14(3)22-19-8-6-5-7-16(17)19/h5-11,14,17,22H,4,12H2,1-3H3. The number of likely N-dealkylation sites (N-methyl/N-ethyl adjacent to an activating group) is 1. The minimum absolute atomic E-state index is 0.117. The molecule has 0 saturated carbocycles. The van der Waals surface area contributed by atoms with Crippen LogP contribution in [-0.2, 0) is 4.79 Å². The van der Waals surface area contributed by atoms with Gasteiger partial charge in [0.15, 0.2) is 0 Å². The third-order valence-electron chi connectivity index (χ3n) is 4.66. The van der Waals surface area contributed by atoms with Crippen LogP contribution < -0.4 is 10.2 Å². The lowest BCUT2D eigenvalue weighted by atomic mass is 9.86. The molecule has 4 heteroatoms. The summed E-state index contributed by atoms with van der Waals surface area (Å²) in [5.41, 5.74) is 4.05. The van der Waals surface area contributed by atoms with Crippen molar-refractivity contribution in [3.05, 3.63) is 58.6 Å². The van der Waals surface area contributed by atoms with E-state index >= 15 is 0 Å². The van der Waals surface area contributed by atoms with E-state index in [0.717, 1.165) is 33.9 Å². The smallest absolute Gasteiger partial charge is 0.234 e. The van der Waals surface area contributed by atoms with Crippen LogP contribution in [0.4, 0.5) is 11.4 Å². The highest BCUT2D eigenvalue weighted by molar-refractivity contribution is 6.31. The van der Waals surface area contributed by atoms with E-state index in [4.69, 9.17) is 11.6 Å². The normalized spacial score (nSPS) is 19.3. The predicted molar refractivity (Wildman–Crippen MR) is 101 cm³/mol. The Labute approximate surface area is 148 Å². The van der Waals surface area contributed by atoms with Gasteiger partial charge in [-0.3, -0.25) is 4.79 Å². The third kappa shape index (κ3) is 3.13. The highest BCUT2D eigenvalue weighted by Gasteiger charge is 2.32. The van der Waals surface area contributed by atoms with E-state index in [-0.39, 0.29) is 17.9 Å². The Balaban J connectivity index is 1.96. The summed E-state index contributed by atoms with van der Waals surface area (Å²) in [5, 5.41) is 4.19. The molecule has 2 aromatic carbocycles. The van der Waals surface area contributed by atoms with Crippen LogP contribution in [0.25, 0.3) is 0 Å². The largest absolute Gasteiger partial charge is 0.382 e. The molecule has 1 aliphatic rings. The Morgan fingerprint density at radius 2 is 2.04 bits per heavy atom. The molecule has 0 fully saturated rings. The van der Waals surface area contributed by atoms with Gasteiger partial charge >= 0.3 is 0 Å². The molecule has 0 spiro atoms. The SMILES string of the molecule is CCN(C(=O)C1CC(C)Nc2ccccc21)c1ccc(Cl)c(C)c1. The van der Waals surface area contributed by atoms with Gasteiger partial charge in [-0.05, 0) is 62.6 Å². The number of hydrogen-bond donors (Lipinski definition) is 1. The second kappa shape index (κ2) is 6.86. The first kappa shape index (κ1) is 16.8. The van der Waals surface area contributed by atoms with E-state index in [1.807, 2.05) is 55.1 Å². The predicted octanol–water partition coefficient (Wildman–Crippen LogP) is 4.99. The quantitative estimate of drug-likeness (QED) is 0.852. The monoisotopic (exact) mass is 342 g/mol. The summed E-state index contributed by atoms with van der Waals surface area (Å²) < 4.78 is 0. The molecule has 2 atom stereocenters. The van der Waals surface area contributed by atoms with Crippen LogP contribution in [0.1, 0.15) is 37.3 Å². The van der Waals surface area contributed by atoms with Crippen molar-refractivity contribution in [3.8, 4) is 0 Å². The molecule has 2 aromatic rings. The zero-order valence-corrected chi connectivity index (χ0v) is 15.1. The molecule has 2 unspecified atom stereocenters. The highest BCUT2D eigenvalue weighted by atomic mass is 35.5. The van der Waals surface area contributed by atoms with Crippen LogP contribution in [0.2, 0.25) is 5.02 Å². The highest BCUT2D eigenvalue weighted by Crippen LogP contribution is 2.36. The molecular formula is C20H23ClN2O. The summed E-state index contributed by atoms with van der Waals surface area (Å²) in [6, 6.07) is 14.2. The summed E-state index contributed by atoms with van der Waals surface area (Å²) in [4.78, 5) is 15.2. The topological polar surface area (TPSA) is 32.3 Å². The number of para-hydroxylation sites is 1. The van der Waals surface area contributed by atoms with Gasteiger partial charge < -0.3 is 10.2 Å². The summed E-state index contributed by atoms with van der Waals surface area (Å²) in [7, 11) is 0. The molecular weight excluding hydrogens is 320 g/mol. The number of carbonyl (C=O) groups is 1. The second-order valence-electron chi connectivity index (χ2n) is 6.44. The van der Waals surface area contributed by atoms with Crippen LogP contribution in [0, 0.1) is 6.92 Å². The van der Waals surface area contributed by atoms with Crippen molar-refractivity contribution in [1.29, 1.82) is 0 Å². The van der Waals surface area contributed by atoms with Crippen molar-refractivity contribution in [2.24, 2.45) is 0 Å². The number of halogens is 1. The number of hydrogen-bond acceptors (Lipinski definition) is 2. The first-order valence-corrected chi connectivity index (χ1v) is 8.82. The maximum Gasteiger partial charge on any atom is 0.234 e. The van der Waals surface area contributed by atoms with Gasteiger partial charge in [0.25, 0.3) is 0 Å². The van der Waals surface area contributed by atoms with E-state index in [0.29, 0.717) is 6.54 Å². The van der Waals surface area contributed by atoms with E-state index < -0.39 is 0 Å². The van der Waals surface area contributed by atoms with Crippen molar-refractivity contribution in [3.63, 3.8) is 0 Å². The van der Waals surface area contributed by atoms with Crippen LogP contribution in [0.3, 0.4) is 0 Å². The lowest BCUT2D eigenvalue weighted by molar-refractivity contribution is -0.120. The van der Waals surface area contributed by atoms with Crippen molar-refractivity contribution in [1.82, 2.24) is 0 Å². The minimum atomic E-state index is -0.117. The molecule has 0 saturated heterocycles. The summed E-state index contributed by atoms with van der Waals surface area (Å²) in [5.74, 6) is 0.0356. The molecule has 1 heterocycles. The first-order chi connectivity index (χ1) is 11.5.